The van der Waals surface area contributed by atoms with Crippen LogP contribution in [0.4, 0.5) is 0 Å². The lowest BCUT2D eigenvalue weighted by atomic mass is 9.90. The highest BCUT2D eigenvalue weighted by atomic mass is 16.5. The SMILES string of the molecule is CCCC1(C(=O)NCC2CCOC2)CCCN1. The third-order valence-corrected chi connectivity index (χ3v) is 3.93. The maximum absolute atomic E-state index is 12.3. The molecule has 0 aromatic heterocycles. The van der Waals surface area contributed by atoms with E-state index < -0.39 is 0 Å². The largest absolute Gasteiger partial charge is 0.381 e. The Kier molecular flexibility index (Phi) is 4.40. The van der Waals surface area contributed by atoms with Crippen LogP contribution in [0.25, 0.3) is 0 Å². The number of hydrogen-bond acceptors (Lipinski definition) is 3. The summed E-state index contributed by atoms with van der Waals surface area (Å²) in [5.41, 5.74) is -0.284. The molecule has 2 unspecified atom stereocenters. The maximum Gasteiger partial charge on any atom is 0.240 e. The van der Waals surface area contributed by atoms with Gasteiger partial charge in [-0.25, -0.2) is 0 Å². The van der Waals surface area contributed by atoms with Gasteiger partial charge in [-0.05, 0) is 32.2 Å². The minimum absolute atomic E-state index is 0.198. The van der Waals surface area contributed by atoms with Gasteiger partial charge in [0.25, 0.3) is 0 Å². The zero-order valence-electron chi connectivity index (χ0n) is 10.8. The van der Waals surface area contributed by atoms with Gasteiger partial charge in [-0.2, -0.15) is 0 Å². The summed E-state index contributed by atoms with van der Waals surface area (Å²) in [5, 5.41) is 6.51. The minimum Gasteiger partial charge on any atom is -0.381 e. The van der Waals surface area contributed by atoms with Crippen molar-refractivity contribution in [2.45, 2.75) is 44.6 Å². The molecule has 2 aliphatic heterocycles. The van der Waals surface area contributed by atoms with E-state index in [9.17, 15) is 4.79 Å². The van der Waals surface area contributed by atoms with E-state index in [1.54, 1.807) is 0 Å². The van der Waals surface area contributed by atoms with E-state index in [4.69, 9.17) is 4.74 Å². The van der Waals surface area contributed by atoms with Gasteiger partial charge in [-0.15, -0.1) is 0 Å². The fraction of sp³-hybridized carbons (Fsp3) is 0.923. The molecular formula is C13H24N2O2. The molecule has 2 rings (SSSR count). The highest BCUT2D eigenvalue weighted by molar-refractivity contribution is 5.86. The standard InChI is InChI=1S/C13H24N2O2/c1-2-5-13(6-3-7-15-13)12(16)14-9-11-4-8-17-10-11/h11,15H,2-10H2,1H3,(H,14,16). The second kappa shape index (κ2) is 5.83. The number of carbonyl (C=O) groups excluding carboxylic acids is 1. The lowest BCUT2D eigenvalue weighted by Crippen LogP contribution is -2.54. The van der Waals surface area contributed by atoms with Crippen LogP contribution in [0.1, 0.15) is 39.0 Å². The number of carbonyl (C=O) groups is 1. The summed E-state index contributed by atoms with van der Waals surface area (Å²) in [6.45, 7) is 5.53. The van der Waals surface area contributed by atoms with Crippen LogP contribution in [-0.4, -0.2) is 37.7 Å². The topological polar surface area (TPSA) is 50.4 Å². The molecule has 2 N–H and O–H groups in total. The van der Waals surface area contributed by atoms with Crippen molar-refractivity contribution in [3.8, 4) is 0 Å². The van der Waals surface area contributed by atoms with Gasteiger partial charge >= 0.3 is 0 Å². The summed E-state index contributed by atoms with van der Waals surface area (Å²) >= 11 is 0. The highest BCUT2D eigenvalue weighted by Crippen LogP contribution is 2.25. The minimum atomic E-state index is -0.284. The number of hydrogen-bond donors (Lipinski definition) is 2. The Hall–Kier alpha value is -0.610. The summed E-state index contributed by atoms with van der Waals surface area (Å²) in [5.74, 6) is 0.711. The van der Waals surface area contributed by atoms with Crippen LogP contribution in [0.2, 0.25) is 0 Å². The monoisotopic (exact) mass is 240 g/mol. The first-order valence-corrected chi connectivity index (χ1v) is 6.88. The average Bonchev–Trinajstić information content (AvgIpc) is 2.97. The molecule has 1 amide bonds. The van der Waals surface area contributed by atoms with E-state index in [2.05, 4.69) is 17.6 Å². The number of amides is 1. The molecule has 2 heterocycles. The van der Waals surface area contributed by atoms with Gasteiger partial charge in [0.1, 0.15) is 0 Å². The van der Waals surface area contributed by atoms with Crippen molar-refractivity contribution >= 4 is 5.91 Å². The molecule has 2 fully saturated rings. The van der Waals surface area contributed by atoms with E-state index in [0.717, 1.165) is 58.4 Å². The molecule has 0 radical (unpaired) electrons. The summed E-state index contributed by atoms with van der Waals surface area (Å²) in [6.07, 6.45) is 5.16. The Morgan fingerprint density at radius 1 is 1.59 bits per heavy atom. The number of rotatable bonds is 5. The van der Waals surface area contributed by atoms with Crippen molar-refractivity contribution in [2.75, 3.05) is 26.3 Å². The lowest BCUT2D eigenvalue weighted by Gasteiger charge is -2.28. The normalized spacial score (nSPS) is 32.9. The first-order chi connectivity index (χ1) is 8.27. The zero-order chi connectivity index (χ0) is 12.1. The predicted molar refractivity (Wildman–Crippen MR) is 66.8 cm³/mol. The van der Waals surface area contributed by atoms with Gasteiger partial charge in [-0.1, -0.05) is 13.3 Å². The van der Waals surface area contributed by atoms with E-state index in [1.807, 2.05) is 0 Å². The molecule has 4 nitrogen and oxygen atoms in total. The number of ether oxygens (including phenoxy) is 1. The molecule has 0 saturated carbocycles. The summed E-state index contributed by atoms with van der Waals surface area (Å²) in [4.78, 5) is 12.3. The molecule has 2 saturated heterocycles. The first kappa shape index (κ1) is 12.8. The van der Waals surface area contributed by atoms with Crippen LogP contribution in [0, 0.1) is 5.92 Å². The zero-order valence-corrected chi connectivity index (χ0v) is 10.8. The Balaban J connectivity index is 1.83. The van der Waals surface area contributed by atoms with Gasteiger partial charge in [0, 0.05) is 19.1 Å². The van der Waals surface area contributed by atoms with E-state index >= 15 is 0 Å². The first-order valence-electron chi connectivity index (χ1n) is 6.88. The summed E-state index contributed by atoms with van der Waals surface area (Å²) in [6, 6.07) is 0. The average molecular weight is 240 g/mol. The van der Waals surface area contributed by atoms with Crippen LogP contribution >= 0.6 is 0 Å². The number of nitrogens with one attached hydrogen (secondary N) is 2. The second-order valence-corrected chi connectivity index (χ2v) is 5.30. The van der Waals surface area contributed by atoms with Gasteiger partial charge in [0.05, 0.1) is 12.1 Å². The van der Waals surface area contributed by atoms with Crippen LogP contribution < -0.4 is 10.6 Å². The van der Waals surface area contributed by atoms with Crippen LogP contribution in [-0.2, 0) is 9.53 Å². The van der Waals surface area contributed by atoms with Gasteiger partial charge in [0.15, 0.2) is 0 Å². The quantitative estimate of drug-likeness (QED) is 0.755. The van der Waals surface area contributed by atoms with Gasteiger partial charge < -0.3 is 15.4 Å². The van der Waals surface area contributed by atoms with Crippen LogP contribution in [0.3, 0.4) is 0 Å². The molecule has 0 aromatic carbocycles. The van der Waals surface area contributed by atoms with E-state index in [0.29, 0.717) is 5.92 Å². The predicted octanol–water partition coefficient (Wildman–Crippen LogP) is 1.06. The molecule has 0 bridgehead atoms. The van der Waals surface area contributed by atoms with Crippen molar-refractivity contribution in [1.29, 1.82) is 0 Å². The van der Waals surface area contributed by atoms with Crippen LogP contribution in [0.5, 0.6) is 0 Å². The Bertz CT molecular complexity index is 256. The van der Waals surface area contributed by atoms with Gasteiger partial charge in [-0.3, -0.25) is 4.79 Å². The Labute approximate surface area is 103 Å². The molecule has 98 valence electrons. The third-order valence-electron chi connectivity index (χ3n) is 3.93. The molecule has 2 atom stereocenters. The van der Waals surface area contributed by atoms with E-state index in [-0.39, 0.29) is 11.4 Å². The second-order valence-electron chi connectivity index (χ2n) is 5.30. The summed E-state index contributed by atoms with van der Waals surface area (Å²) < 4.78 is 5.32. The van der Waals surface area contributed by atoms with Crippen molar-refractivity contribution in [3.63, 3.8) is 0 Å². The van der Waals surface area contributed by atoms with Crippen molar-refractivity contribution in [3.05, 3.63) is 0 Å². The van der Waals surface area contributed by atoms with Gasteiger partial charge in [0.2, 0.25) is 5.91 Å². The third kappa shape index (κ3) is 2.99. The fourth-order valence-corrected chi connectivity index (χ4v) is 2.90. The van der Waals surface area contributed by atoms with Crippen molar-refractivity contribution in [2.24, 2.45) is 5.92 Å². The summed E-state index contributed by atoms with van der Waals surface area (Å²) in [7, 11) is 0. The molecule has 0 aromatic rings. The highest BCUT2D eigenvalue weighted by Gasteiger charge is 2.39. The molecule has 4 heteroatoms. The van der Waals surface area contributed by atoms with Crippen molar-refractivity contribution in [1.82, 2.24) is 10.6 Å². The Morgan fingerprint density at radius 3 is 3.06 bits per heavy atom. The molecule has 0 aliphatic carbocycles. The molecule has 0 spiro atoms. The molecule has 17 heavy (non-hydrogen) atoms. The smallest absolute Gasteiger partial charge is 0.240 e. The molecule has 2 aliphatic rings. The van der Waals surface area contributed by atoms with Crippen molar-refractivity contribution < 1.29 is 9.53 Å². The van der Waals surface area contributed by atoms with Crippen LogP contribution in [0.15, 0.2) is 0 Å². The molecular weight excluding hydrogens is 216 g/mol. The van der Waals surface area contributed by atoms with E-state index in [1.165, 1.54) is 0 Å². The Morgan fingerprint density at radius 2 is 2.47 bits per heavy atom. The lowest BCUT2D eigenvalue weighted by molar-refractivity contribution is -0.127. The maximum atomic E-state index is 12.3. The fourth-order valence-electron chi connectivity index (χ4n) is 2.90.